The van der Waals surface area contributed by atoms with Gasteiger partial charge in [0.25, 0.3) is 5.91 Å². The Morgan fingerprint density at radius 2 is 1.48 bits per heavy atom. The molecule has 0 aliphatic heterocycles. The summed E-state index contributed by atoms with van der Waals surface area (Å²) in [6.45, 7) is 10.4. The van der Waals surface area contributed by atoms with Gasteiger partial charge in [0.05, 0.1) is 0 Å². The number of carbonyl (C=O) groups excluding carboxylic acids is 2. The van der Waals surface area contributed by atoms with Gasteiger partial charge in [0.2, 0.25) is 0 Å². The van der Waals surface area contributed by atoms with Gasteiger partial charge in [0.1, 0.15) is 6.04 Å². The molecule has 0 saturated carbocycles. The van der Waals surface area contributed by atoms with Crippen molar-refractivity contribution in [3.63, 3.8) is 0 Å². The maximum Gasteiger partial charge on any atom is 0.321 e. The van der Waals surface area contributed by atoms with E-state index in [4.69, 9.17) is 0 Å². The highest BCUT2D eigenvalue weighted by Crippen LogP contribution is 2.21. The maximum absolute atomic E-state index is 12.0. The zero-order valence-corrected chi connectivity index (χ0v) is 15.0. The van der Waals surface area contributed by atoms with Gasteiger partial charge in [-0.1, -0.05) is 52.0 Å². The van der Waals surface area contributed by atoms with Crippen LogP contribution in [0, 0.1) is 5.92 Å². The number of hydrogen-bond acceptors (Lipinski definition) is 2. The molecule has 128 valence electrons. The van der Waals surface area contributed by atoms with E-state index in [0.29, 0.717) is 11.8 Å². The second kappa shape index (κ2) is 8.67. The largest absolute Gasteiger partial charge is 0.341 e. The predicted octanol–water partition coefficient (Wildman–Crippen LogP) is 1.91. The summed E-state index contributed by atoms with van der Waals surface area (Å²) in [4.78, 5) is 23.3. The topological polar surface area (TPSA) is 74.8 Å². The summed E-state index contributed by atoms with van der Waals surface area (Å²) >= 11 is 0. The summed E-state index contributed by atoms with van der Waals surface area (Å²) in [5.74, 6) is 0.590. The number of hydrogen-bond donors (Lipinski definition) is 3. The van der Waals surface area contributed by atoms with E-state index in [1.165, 1.54) is 18.2 Å². The minimum atomic E-state index is -0.474. The zero-order chi connectivity index (χ0) is 17.6. The standard InChI is InChI=1S/C18H29N3O2/c1-11(2)14-7-9-15(10-8-14)16(12(3)4)20-13(5)17(22)21-18(23)19-6/h7-13,16,20H,1-6H3,(H2,19,21,22,23)/p+1/t13-,16+/m0/s1. The van der Waals surface area contributed by atoms with E-state index in [1.807, 2.05) is 12.2 Å². The van der Waals surface area contributed by atoms with Crippen molar-refractivity contribution in [3.05, 3.63) is 35.4 Å². The fourth-order valence-corrected chi connectivity index (χ4v) is 2.51. The van der Waals surface area contributed by atoms with Crippen LogP contribution in [-0.4, -0.2) is 25.0 Å². The fraction of sp³-hybridized carbons (Fsp3) is 0.556. The van der Waals surface area contributed by atoms with E-state index in [1.54, 1.807) is 0 Å². The minimum Gasteiger partial charge on any atom is -0.341 e. The van der Waals surface area contributed by atoms with Gasteiger partial charge in [0, 0.05) is 18.5 Å². The van der Waals surface area contributed by atoms with Crippen LogP contribution in [0.25, 0.3) is 0 Å². The van der Waals surface area contributed by atoms with Gasteiger partial charge in [-0.15, -0.1) is 0 Å². The number of amides is 3. The number of urea groups is 1. The molecule has 1 aromatic carbocycles. The quantitative estimate of drug-likeness (QED) is 0.749. The molecular weight excluding hydrogens is 290 g/mol. The van der Waals surface area contributed by atoms with Crippen LogP contribution in [-0.2, 0) is 4.79 Å². The first-order chi connectivity index (χ1) is 10.8. The average Bonchev–Trinajstić information content (AvgIpc) is 2.51. The number of nitrogens with two attached hydrogens (primary N) is 1. The predicted molar refractivity (Wildman–Crippen MR) is 92.1 cm³/mol. The summed E-state index contributed by atoms with van der Waals surface area (Å²) in [6.07, 6.45) is 0. The van der Waals surface area contributed by atoms with E-state index < -0.39 is 6.03 Å². The van der Waals surface area contributed by atoms with Gasteiger partial charge in [-0.25, -0.2) is 4.79 Å². The first-order valence-corrected chi connectivity index (χ1v) is 8.23. The van der Waals surface area contributed by atoms with Crippen LogP contribution in [0.15, 0.2) is 24.3 Å². The van der Waals surface area contributed by atoms with Gasteiger partial charge in [-0.2, -0.15) is 0 Å². The number of quaternary nitrogens is 1. The molecule has 0 spiro atoms. The van der Waals surface area contributed by atoms with Crippen molar-refractivity contribution in [2.45, 2.75) is 52.6 Å². The van der Waals surface area contributed by atoms with E-state index in [0.717, 1.165) is 0 Å². The normalized spacial score (nSPS) is 13.7. The van der Waals surface area contributed by atoms with Gasteiger partial charge in [-0.3, -0.25) is 10.1 Å². The minimum absolute atomic E-state index is 0.168. The summed E-state index contributed by atoms with van der Waals surface area (Å²) < 4.78 is 0. The molecule has 0 fully saturated rings. The van der Waals surface area contributed by atoms with Crippen LogP contribution in [0.4, 0.5) is 4.79 Å². The SMILES string of the molecule is CNC(=O)NC(=O)[C@H](C)[NH2+][C@@H](c1ccc(C(C)C)cc1)C(C)C. The van der Waals surface area contributed by atoms with Crippen LogP contribution < -0.4 is 16.0 Å². The molecule has 0 bridgehead atoms. The zero-order valence-electron chi connectivity index (χ0n) is 15.0. The highest BCUT2D eigenvalue weighted by molar-refractivity contribution is 5.95. The number of carbonyl (C=O) groups is 2. The molecule has 0 heterocycles. The molecule has 0 aliphatic carbocycles. The lowest BCUT2D eigenvalue weighted by Gasteiger charge is -2.23. The summed E-state index contributed by atoms with van der Waals surface area (Å²) in [5, 5.41) is 6.74. The molecule has 0 aliphatic rings. The molecule has 5 nitrogen and oxygen atoms in total. The van der Waals surface area contributed by atoms with Gasteiger partial charge in [-0.05, 0) is 18.4 Å². The molecule has 4 N–H and O–H groups in total. The Morgan fingerprint density at radius 1 is 0.957 bits per heavy atom. The third-order valence-electron chi connectivity index (χ3n) is 4.08. The second-order valence-corrected chi connectivity index (χ2v) is 6.64. The van der Waals surface area contributed by atoms with E-state index in [9.17, 15) is 9.59 Å². The van der Waals surface area contributed by atoms with Crippen LogP contribution in [0.2, 0.25) is 0 Å². The van der Waals surface area contributed by atoms with Gasteiger partial charge in [0.15, 0.2) is 6.04 Å². The Hall–Kier alpha value is -1.88. The summed E-state index contributed by atoms with van der Waals surface area (Å²) in [7, 11) is 1.49. The number of nitrogens with one attached hydrogen (secondary N) is 2. The average molecular weight is 320 g/mol. The van der Waals surface area contributed by atoms with Crippen LogP contribution >= 0.6 is 0 Å². The van der Waals surface area contributed by atoms with Crippen molar-refractivity contribution in [2.24, 2.45) is 5.92 Å². The van der Waals surface area contributed by atoms with Crippen LogP contribution in [0.3, 0.4) is 0 Å². The van der Waals surface area contributed by atoms with E-state index in [-0.39, 0.29) is 18.0 Å². The third kappa shape index (κ3) is 5.67. The van der Waals surface area contributed by atoms with Gasteiger partial charge >= 0.3 is 6.03 Å². The van der Waals surface area contributed by atoms with Crippen molar-refractivity contribution in [3.8, 4) is 0 Å². The molecule has 0 radical (unpaired) electrons. The Kier molecular flexibility index (Phi) is 7.23. The molecule has 2 atom stereocenters. The molecule has 0 unspecified atom stereocenters. The molecule has 3 amide bonds. The molecule has 0 aromatic heterocycles. The molecule has 1 rings (SSSR count). The highest BCUT2D eigenvalue weighted by atomic mass is 16.2. The lowest BCUT2D eigenvalue weighted by atomic mass is 9.93. The molecule has 5 heteroatoms. The second-order valence-electron chi connectivity index (χ2n) is 6.64. The molecule has 1 aromatic rings. The van der Waals surface area contributed by atoms with Crippen LogP contribution in [0.1, 0.15) is 57.7 Å². The van der Waals surface area contributed by atoms with Crippen molar-refractivity contribution < 1.29 is 14.9 Å². The Labute approximate surface area is 139 Å². The monoisotopic (exact) mass is 320 g/mol. The van der Waals surface area contributed by atoms with E-state index in [2.05, 4.69) is 62.6 Å². The number of benzene rings is 1. The molecule has 0 saturated heterocycles. The maximum atomic E-state index is 12.0. The molecular formula is C18H30N3O2+. The smallest absolute Gasteiger partial charge is 0.321 e. The summed E-state index contributed by atoms with van der Waals surface area (Å²) in [5.41, 5.74) is 2.51. The fourth-order valence-electron chi connectivity index (χ4n) is 2.51. The highest BCUT2D eigenvalue weighted by Gasteiger charge is 2.26. The Bertz CT molecular complexity index is 524. The Morgan fingerprint density at radius 3 is 1.91 bits per heavy atom. The van der Waals surface area contributed by atoms with Crippen LogP contribution in [0.5, 0.6) is 0 Å². The third-order valence-corrected chi connectivity index (χ3v) is 4.08. The van der Waals surface area contributed by atoms with Crippen molar-refractivity contribution >= 4 is 11.9 Å². The van der Waals surface area contributed by atoms with E-state index >= 15 is 0 Å². The van der Waals surface area contributed by atoms with Gasteiger partial charge < -0.3 is 10.6 Å². The lowest BCUT2D eigenvalue weighted by Crippen LogP contribution is -2.93. The first-order valence-electron chi connectivity index (χ1n) is 8.23. The first kappa shape index (κ1) is 19.2. The number of rotatable bonds is 6. The lowest BCUT2D eigenvalue weighted by molar-refractivity contribution is -0.719. The van der Waals surface area contributed by atoms with Crippen molar-refractivity contribution in [1.29, 1.82) is 0 Å². The summed E-state index contributed by atoms with van der Waals surface area (Å²) in [6, 6.07) is 7.93. The number of imide groups is 1. The Balaban J connectivity index is 2.82. The van der Waals surface area contributed by atoms with Crippen molar-refractivity contribution in [2.75, 3.05) is 7.05 Å². The van der Waals surface area contributed by atoms with Crippen molar-refractivity contribution in [1.82, 2.24) is 10.6 Å². The molecule has 23 heavy (non-hydrogen) atoms.